The Morgan fingerprint density at radius 2 is 2.11 bits per heavy atom. The first-order chi connectivity index (χ1) is 9.25. The van der Waals surface area contributed by atoms with Gasteiger partial charge in [0, 0.05) is 18.4 Å². The van der Waals surface area contributed by atoms with Crippen molar-refractivity contribution in [2.75, 3.05) is 11.4 Å². The van der Waals surface area contributed by atoms with E-state index in [0.29, 0.717) is 11.2 Å². The number of rotatable bonds is 2. The molecule has 2 heterocycles. The summed E-state index contributed by atoms with van der Waals surface area (Å²) in [5.41, 5.74) is 3.96. The van der Waals surface area contributed by atoms with Crippen LogP contribution in [-0.4, -0.2) is 11.5 Å². The Balaban J connectivity index is 1.96. The molecule has 1 fully saturated rings. The van der Waals surface area contributed by atoms with Crippen LogP contribution in [0.2, 0.25) is 5.15 Å². The van der Waals surface area contributed by atoms with Crippen LogP contribution in [0.3, 0.4) is 0 Å². The molecule has 1 unspecified atom stereocenters. The zero-order valence-electron chi connectivity index (χ0n) is 11.0. The van der Waals surface area contributed by atoms with Crippen molar-refractivity contribution in [3.63, 3.8) is 0 Å². The van der Waals surface area contributed by atoms with Crippen molar-refractivity contribution < 1.29 is 0 Å². The maximum Gasteiger partial charge on any atom is 0.131 e. The summed E-state index contributed by atoms with van der Waals surface area (Å²) >= 11 is 6.01. The largest absolute Gasteiger partial charge is 0.364 e. The van der Waals surface area contributed by atoms with Crippen LogP contribution in [-0.2, 0) is 0 Å². The van der Waals surface area contributed by atoms with Gasteiger partial charge in [-0.3, -0.25) is 0 Å². The van der Waals surface area contributed by atoms with Gasteiger partial charge in [0.2, 0.25) is 0 Å². The monoisotopic (exact) mass is 272 g/mol. The van der Waals surface area contributed by atoms with Gasteiger partial charge in [0.15, 0.2) is 0 Å². The van der Waals surface area contributed by atoms with E-state index in [4.69, 9.17) is 11.6 Å². The van der Waals surface area contributed by atoms with E-state index in [1.807, 2.05) is 12.1 Å². The second kappa shape index (κ2) is 5.22. The highest BCUT2D eigenvalue weighted by atomic mass is 35.5. The molecule has 3 rings (SSSR count). The molecule has 1 saturated heterocycles. The van der Waals surface area contributed by atoms with Crippen LogP contribution >= 0.6 is 11.6 Å². The van der Waals surface area contributed by atoms with Crippen molar-refractivity contribution in [1.29, 1.82) is 0 Å². The molecule has 1 aromatic heterocycles. The smallest absolute Gasteiger partial charge is 0.131 e. The predicted molar refractivity (Wildman–Crippen MR) is 79.7 cm³/mol. The van der Waals surface area contributed by atoms with Gasteiger partial charge >= 0.3 is 0 Å². The number of aromatic nitrogens is 1. The maximum atomic E-state index is 6.01. The lowest BCUT2D eigenvalue weighted by molar-refractivity contribution is 0.714. The third-order valence-corrected chi connectivity index (χ3v) is 4.05. The van der Waals surface area contributed by atoms with Crippen LogP contribution in [0.5, 0.6) is 0 Å². The van der Waals surface area contributed by atoms with Crippen LogP contribution in [0.25, 0.3) is 0 Å². The number of benzene rings is 1. The van der Waals surface area contributed by atoms with Gasteiger partial charge in [0.1, 0.15) is 5.15 Å². The van der Waals surface area contributed by atoms with Gasteiger partial charge in [0.05, 0.1) is 6.04 Å². The standard InChI is InChI=1S/C16H17ClN2/c1-12-5-2-3-6-14(12)15-7-4-10-19(15)13-8-9-18-16(17)11-13/h2-3,5-6,8-9,11,15H,4,7,10H2,1H3. The van der Waals surface area contributed by atoms with Crippen LogP contribution in [0.15, 0.2) is 42.6 Å². The first-order valence-corrected chi connectivity index (χ1v) is 7.07. The van der Waals surface area contributed by atoms with Crippen molar-refractivity contribution >= 4 is 17.3 Å². The average Bonchev–Trinajstić information content (AvgIpc) is 2.88. The van der Waals surface area contributed by atoms with E-state index in [1.54, 1.807) is 6.20 Å². The molecule has 1 aliphatic rings. The van der Waals surface area contributed by atoms with Gasteiger partial charge in [-0.1, -0.05) is 35.9 Å². The first kappa shape index (κ1) is 12.5. The summed E-state index contributed by atoms with van der Waals surface area (Å²) in [6.07, 6.45) is 4.20. The molecular weight excluding hydrogens is 256 g/mol. The van der Waals surface area contributed by atoms with Crippen LogP contribution in [0.4, 0.5) is 5.69 Å². The molecule has 0 spiro atoms. The van der Waals surface area contributed by atoms with Gasteiger partial charge in [-0.2, -0.15) is 0 Å². The predicted octanol–water partition coefficient (Wildman–Crippen LogP) is 4.38. The highest BCUT2D eigenvalue weighted by Crippen LogP contribution is 2.37. The number of aryl methyl sites for hydroxylation is 1. The summed E-state index contributed by atoms with van der Waals surface area (Å²) in [4.78, 5) is 6.51. The molecule has 19 heavy (non-hydrogen) atoms. The highest BCUT2D eigenvalue weighted by molar-refractivity contribution is 6.29. The summed E-state index contributed by atoms with van der Waals surface area (Å²) in [7, 11) is 0. The molecule has 98 valence electrons. The zero-order chi connectivity index (χ0) is 13.2. The lowest BCUT2D eigenvalue weighted by Gasteiger charge is -2.28. The summed E-state index contributed by atoms with van der Waals surface area (Å²) in [6.45, 7) is 3.27. The molecule has 0 bridgehead atoms. The molecule has 2 aromatic rings. The molecular formula is C16H17ClN2. The fourth-order valence-corrected chi connectivity index (χ4v) is 3.10. The van der Waals surface area contributed by atoms with Crippen LogP contribution in [0.1, 0.15) is 30.0 Å². The SMILES string of the molecule is Cc1ccccc1C1CCCN1c1ccnc(Cl)c1. The summed E-state index contributed by atoms with van der Waals surface area (Å²) in [5.74, 6) is 0. The molecule has 0 N–H and O–H groups in total. The number of halogens is 1. The average molecular weight is 273 g/mol. The van der Waals surface area contributed by atoms with Crippen molar-refractivity contribution in [2.24, 2.45) is 0 Å². The Labute approximate surface area is 119 Å². The lowest BCUT2D eigenvalue weighted by Crippen LogP contribution is -2.23. The van der Waals surface area contributed by atoms with E-state index in [2.05, 4.69) is 41.1 Å². The molecule has 0 amide bonds. The molecule has 0 saturated carbocycles. The van der Waals surface area contributed by atoms with E-state index in [0.717, 1.165) is 6.54 Å². The zero-order valence-corrected chi connectivity index (χ0v) is 11.8. The third kappa shape index (κ3) is 2.45. The minimum Gasteiger partial charge on any atom is -0.364 e. The first-order valence-electron chi connectivity index (χ1n) is 6.69. The molecule has 1 aromatic carbocycles. The van der Waals surface area contributed by atoms with E-state index in [9.17, 15) is 0 Å². The molecule has 3 heteroatoms. The van der Waals surface area contributed by atoms with Crippen molar-refractivity contribution in [3.05, 3.63) is 58.9 Å². The Bertz CT molecular complexity index is 582. The van der Waals surface area contributed by atoms with Crippen LogP contribution in [0, 0.1) is 6.92 Å². The quantitative estimate of drug-likeness (QED) is 0.754. The van der Waals surface area contributed by atoms with Crippen molar-refractivity contribution in [1.82, 2.24) is 4.98 Å². The lowest BCUT2D eigenvalue weighted by atomic mass is 9.99. The number of nitrogens with zero attached hydrogens (tertiary/aromatic N) is 2. The van der Waals surface area contributed by atoms with E-state index < -0.39 is 0 Å². The van der Waals surface area contributed by atoms with Crippen LogP contribution < -0.4 is 4.90 Å². The third-order valence-electron chi connectivity index (χ3n) is 3.84. The Morgan fingerprint density at radius 1 is 1.26 bits per heavy atom. The number of pyridine rings is 1. The fraction of sp³-hybridized carbons (Fsp3) is 0.312. The van der Waals surface area contributed by atoms with E-state index in [-0.39, 0.29) is 0 Å². The Kier molecular flexibility index (Phi) is 3.43. The topological polar surface area (TPSA) is 16.1 Å². The van der Waals surface area contributed by atoms with Gasteiger partial charge < -0.3 is 4.90 Å². The Morgan fingerprint density at radius 3 is 2.89 bits per heavy atom. The van der Waals surface area contributed by atoms with Gasteiger partial charge in [-0.05, 0) is 43.0 Å². The molecule has 2 nitrogen and oxygen atoms in total. The van der Waals surface area contributed by atoms with E-state index >= 15 is 0 Å². The summed E-state index contributed by atoms with van der Waals surface area (Å²) in [5, 5.41) is 0.563. The molecule has 1 atom stereocenters. The minimum atomic E-state index is 0.458. The van der Waals surface area contributed by atoms with Gasteiger partial charge in [0.25, 0.3) is 0 Å². The number of hydrogen-bond donors (Lipinski definition) is 0. The molecule has 0 radical (unpaired) electrons. The van der Waals surface area contributed by atoms with Crippen molar-refractivity contribution in [2.45, 2.75) is 25.8 Å². The minimum absolute atomic E-state index is 0.458. The number of anilines is 1. The second-order valence-electron chi connectivity index (χ2n) is 5.04. The highest BCUT2D eigenvalue weighted by Gasteiger charge is 2.27. The van der Waals surface area contributed by atoms with E-state index in [1.165, 1.54) is 29.7 Å². The van der Waals surface area contributed by atoms with Gasteiger partial charge in [-0.25, -0.2) is 4.98 Å². The number of hydrogen-bond acceptors (Lipinski definition) is 2. The van der Waals surface area contributed by atoms with Crippen molar-refractivity contribution in [3.8, 4) is 0 Å². The second-order valence-corrected chi connectivity index (χ2v) is 5.43. The molecule has 1 aliphatic heterocycles. The fourth-order valence-electron chi connectivity index (χ4n) is 2.93. The molecule has 0 aliphatic carbocycles. The summed E-state index contributed by atoms with van der Waals surface area (Å²) in [6, 6.07) is 13.1. The van der Waals surface area contributed by atoms with Gasteiger partial charge in [-0.15, -0.1) is 0 Å². The summed E-state index contributed by atoms with van der Waals surface area (Å²) < 4.78 is 0. The maximum absolute atomic E-state index is 6.01. The Hall–Kier alpha value is -1.54. The normalized spacial score (nSPS) is 18.8.